The minimum absolute atomic E-state index is 0.0392. The zero-order valence-electron chi connectivity index (χ0n) is 18.3. The Morgan fingerprint density at radius 1 is 1.21 bits per heavy atom. The van der Waals surface area contributed by atoms with Gasteiger partial charge in [-0.05, 0) is 31.5 Å². The second kappa shape index (κ2) is 10.5. The van der Waals surface area contributed by atoms with Gasteiger partial charge in [-0.25, -0.2) is 4.79 Å². The van der Waals surface area contributed by atoms with Crippen molar-refractivity contribution >= 4 is 29.2 Å². The number of rotatable bonds is 7. The van der Waals surface area contributed by atoms with E-state index in [9.17, 15) is 10.1 Å². The SMILES string of the molecule is CCOC(=O)C1=C(C)OC(N)=C(C#N)C1c1cc(OC)c(OCc2ccccc2Cl)cc1Cl. The molecule has 0 radical (unpaired) electrons. The summed E-state index contributed by atoms with van der Waals surface area (Å²) >= 11 is 12.8. The number of ether oxygens (including phenoxy) is 4. The Hall–Kier alpha value is -3.34. The molecule has 1 heterocycles. The van der Waals surface area contributed by atoms with Crippen LogP contribution in [0.5, 0.6) is 11.5 Å². The Bertz CT molecular complexity index is 1180. The molecule has 0 bridgehead atoms. The summed E-state index contributed by atoms with van der Waals surface area (Å²) in [6, 6.07) is 12.5. The molecular formula is C24H22Cl2N2O5. The molecule has 0 saturated heterocycles. The van der Waals surface area contributed by atoms with Crippen LogP contribution in [0, 0.1) is 11.3 Å². The first-order valence-electron chi connectivity index (χ1n) is 10.0. The topological polar surface area (TPSA) is 104 Å². The van der Waals surface area contributed by atoms with Crippen molar-refractivity contribution in [3.63, 3.8) is 0 Å². The summed E-state index contributed by atoms with van der Waals surface area (Å²) in [5.41, 5.74) is 7.34. The monoisotopic (exact) mass is 488 g/mol. The van der Waals surface area contributed by atoms with Gasteiger partial charge in [-0.2, -0.15) is 5.26 Å². The molecule has 1 unspecified atom stereocenters. The molecular weight excluding hydrogens is 467 g/mol. The van der Waals surface area contributed by atoms with Crippen molar-refractivity contribution in [1.82, 2.24) is 0 Å². The second-order valence-corrected chi connectivity index (χ2v) is 7.83. The molecule has 0 spiro atoms. The lowest BCUT2D eigenvalue weighted by atomic mass is 9.83. The maximum Gasteiger partial charge on any atom is 0.338 e. The molecule has 0 saturated carbocycles. The van der Waals surface area contributed by atoms with Crippen LogP contribution in [0.15, 0.2) is 59.2 Å². The maximum atomic E-state index is 12.7. The van der Waals surface area contributed by atoms with E-state index in [4.69, 9.17) is 47.9 Å². The Kier molecular flexibility index (Phi) is 7.75. The molecule has 0 fully saturated rings. The minimum Gasteiger partial charge on any atom is -0.493 e. The number of methoxy groups -OCH3 is 1. The van der Waals surface area contributed by atoms with Crippen molar-refractivity contribution in [2.75, 3.05) is 13.7 Å². The zero-order valence-corrected chi connectivity index (χ0v) is 19.8. The quantitative estimate of drug-likeness (QED) is 0.532. The fraction of sp³-hybridized carbons (Fsp3) is 0.250. The van der Waals surface area contributed by atoms with Gasteiger partial charge in [0, 0.05) is 21.7 Å². The summed E-state index contributed by atoms with van der Waals surface area (Å²) in [5.74, 6) is -0.695. The van der Waals surface area contributed by atoms with Crippen LogP contribution in [0.2, 0.25) is 10.0 Å². The highest BCUT2D eigenvalue weighted by Crippen LogP contribution is 2.45. The standard InChI is InChI=1S/C24H22Cl2N2O5/c1-4-31-24(29)21-13(2)33-23(28)16(11-27)22(21)15-9-19(30-3)20(10-18(15)26)32-12-14-7-5-6-8-17(14)25/h5-10,22H,4,12,28H2,1-3H3. The molecule has 9 heteroatoms. The third-order valence-electron chi connectivity index (χ3n) is 5.04. The summed E-state index contributed by atoms with van der Waals surface area (Å²) in [6.07, 6.45) is 0. The highest BCUT2D eigenvalue weighted by Gasteiger charge is 2.38. The van der Waals surface area contributed by atoms with E-state index in [2.05, 4.69) is 0 Å². The van der Waals surface area contributed by atoms with Crippen LogP contribution >= 0.6 is 23.2 Å². The van der Waals surface area contributed by atoms with Crippen molar-refractivity contribution < 1.29 is 23.7 Å². The molecule has 1 aliphatic heterocycles. The van der Waals surface area contributed by atoms with Crippen molar-refractivity contribution in [3.8, 4) is 17.6 Å². The maximum absolute atomic E-state index is 12.7. The number of benzene rings is 2. The van der Waals surface area contributed by atoms with Crippen LogP contribution in [0.4, 0.5) is 0 Å². The summed E-state index contributed by atoms with van der Waals surface area (Å²) in [5, 5.41) is 10.6. The number of nitrogens with zero attached hydrogens (tertiary/aromatic N) is 1. The lowest BCUT2D eigenvalue weighted by Crippen LogP contribution is -2.25. The molecule has 7 nitrogen and oxygen atoms in total. The van der Waals surface area contributed by atoms with Gasteiger partial charge in [0.15, 0.2) is 11.5 Å². The van der Waals surface area contributed by atoms with Crippen molar-refractivity contribution in [2.24, 2.45) is 5.73 Å². The van der Waals surface area contributed by atoms with E-state index in [0.717, 1.165) is 5.56 Å². The van der Waals surface area contributed by atoms with Crippen LogP contribution in [0.3, 0.4) is 0 Å². The molecule has 1 atom stereocenters. The normalized spacial score (nSPS) is 15.6. The third kappa shape index (κ3) is 5.03. The average Bonchev–Trinajstić information content (AvgIpc) is 2.78. The van der Waals surface area contributed by atoms with Gasteiger partial charge in [-0.15, -0.1) is 0 Å². The van der Waals surface area contributed by atoms with Crippen LogP contribution in [-0.4, -0.2) is 19.7 Å². The lowest BCUT2D eigenvalue weighted by Gasteiger charge is -2.28. The number of esters is 1. The summed E-state index contributed by atoms with van der Waals surface area (Å²) in [4.78, 5) is 12.7. The van der Waals surface area contributed by atoms with E-state index in [1.54, 1.807) is 32.0 Å². The molecule has 0 aromatic heterocycles. The van der Waals surface area contributed by atoms with Gasteiger partial charge in [0.2, 0.25) is 5.88 Å². The van der Waals surface area contributed by atoms with E-state index in [0.29, 0.717) is 22.1 Å². The minimum atomic E-state index is -0.901. The van der Waals surface area contributed by atoms with Gasteiger partial charge in [-0.1, -0.05) is 41.4 Å². The van der Waals surface area contributed by atoms with Gasteiger partial charge in [0.1, 0.15) is 24.0 Å². The third-order valence-corrected chi connectivity index (χ3v) is 5.73. The van der Waals surface area contributed by atoms with Crippen LogP contribution in [0.1, 0.15) is 30.9 Å². The molecule has 0 aliphatic carbocycles. The van der Waals surface area contributed by atoms with Crippen molar-refractivity contribution in [2.45, 2.75) is 26.4 Å². The lowest BCUT2D eigenvalue weighted by molar-refractivity contribution is -0.139. The number of hydrogen-bond acceptors (Lipinski definition) is 7. The van der Waals surface area contributed by atoms with Gasteiger partial charge in [-0.3, -0.25) is 0 Å². The molecule has 2 aromatic rings. The first-order valence-corrected chi connectivity index (χ1v) is 10.8. The van der Waals surface area contributed by atoms with Crippen LogP contribution in [-0.2, 0) is 20.9 Å². The molecule has 0 amide bonds. The Labute approximate surface area is 201 Å². The van der Waals surface area contributed by atoms with Crippen LogP contribution in [0.25, 0.3) is 0 Å². The fourth-order valence-corrected chi connectivity index (χ4v) is 3.93. The first-order chi connectivity index (χ1) is 15.8. The highest BCUT2D eigenvalue weighted by atomic mass is 35.5. The summed E-state index contributed by atoms with van der Waals surface area (Å²) < 4.78 is 22.0. The predicted molar refractivity (Wildman–Crippen MR) is 124 cm³/mol. The number of nitrogens with two attached hydrogens (primary N) is 1. The van der Waals surface area contributed by atoms with Crippen LogP contribution < -0.4 is 15.2 Å². The highest BCUT2D eigenvalue weighted by molar-refractivity contribution is 6.32. The fourth-order valence-electron chi connectivity index (χ4n) is 3.48. The zero-order chi connectivity index (χ0) is 24.1. The smallest absolute Gasteiger partial charge is 0.338 e. The van der Waals surface area contributed by atoms with Gasteiger partial charge >= 0.3 is 5.97 Å². The van der Waals surface area contributed by atoms with E-state index in [-0.39, 0.29) is 41.0 Å². The largest absolute Gasteiger partial charge is 0.493 e. The van der Waals surface area contributed by atoms with Gasteiger partial charge in [0.05, 0.1) is 25.2 Å². The van der Waals surface area contributed by atoms with Crippen molar-refractivity contribution in [1.29, 1.82) is 5.26 Å². The molecule has 3 rings (SSSR count). The summed E-state index contributed by atoms with van der Waals surface area (Å²) in [6.45, 7) is 3.59. The number of hydrogen-bond donors (Lipinski definition) is 1. The van der Waals surface area contributed by atoms with Gasteiger partial charge in [0.25, 0.3) is 0 Å². The number of nitriles is 1. The van der Waals surface area contributed by atoms with Gasteiger partial charge < -0.3 is 24.7 Å². The number of halogens is 2. The second-order valence-electron chi connectivity index (χ2n) is 7.02. The molecule has 2 aromatic carbocycles. The molecule has 1 aliphatic rings. The average molecular weight is 489 g/mol. The predicted octanol–water partition coefficient (Wildman–Crippen LogP) is 5.23. The Morgan fingerprint density at radius 3 is 2.58 bits per heavy atom. The first kappa shape index (κ1) is 24.3. The van der Waals surface area contributed by atoms with Crippen molar-refractivity contribution in [3.05, 3.63) is 80.4 Å². The molecule has 2 N–H and O–H groups in total. The number of carbonyl (C=O) groups is 1. The van der Waals surface area contributed by atoms with E-state index in [1.165, 1.54) is 7.11 Å². The Morgan fingerprint density at radius 2 is 1.94 bits per heavy atom. The number of allylic oxidation sites excluding steroid dienone is 2. The summed E-state index contributed by atoms with van der Waals surface area (Å²) in [7, 11) is 1.47. The van der Waals surface area contributed by atoms with E-state index >= 15 is 0 Å². The van der Waals surface area contributed by atoms with E-state index < -0.39 is 11.9 Å². The number of carbonyl (C=O) groups excluding carboxylic acids is 1. The Balaban J connectivity index is 2.06. The van der Waals surface area contributed by atoms with E-state index in [1.807, 2.05) is 24.3 Å². The molecule has 33 heavy (non-hydrogen) atoms. The molecule has 172 valence electrons.